The molecular formula is C13H16ClNO4. The Kier molecular flexibility index (Phi) is 5.18. The lowest BCUT2D eigenvalue weighted by molar-refractivity contribution is -0.133. The molecule has 0 aromatic heterocycles. The number of aromatic carboxylic acids is 1. The summed E-state index contributed by atoms with van der Waals surface area (Å²) in [7, 11) is 1.65. The van der Waals surface area contributed by atoms with Gasteiger partial charge in [-0.2, -0.15) is 0 Å². The minimum atomic E-state index is -1.15. The number of amides is 1. The number of carboxylic acid groups (broad SMARTS) is 1. The summed E-state index contributed by atoms with van der Waals surface area (Å²) in [5, 5.41) is 9.19. The van der Waals surface area contributed by atoms with Gasteiger partial charge in [-0.15, -0.1) is 0 Å². The summed E-state index contributed by atoms with van der Waals surface area (Å²) in [6.45, 7) is 3.49. The van der Waals surface area contributed by atoms with Crippen LogP contribution in [0.1, 0.15) is 24.2 Å². The Bertz CT molecular complexity index is 488. The first-order valence-electron chi connectivity index (χ1n) is 5.74. The number of carboxylic acids is 1. The summed E-state index contributed by atoms with van der Waals surface area (Å²) >= 11 is 5.89. The summed E-state index contributed by atoms with van der Waals surface area (Å²) in [5.41, 5.74) is -0.0625. The highest BCUT2D eigenvalue weighted by molar-refractivity contribution is 6.32. The molecule has 1 rings (SSSR count). The number of benzene rings is 1. The molecule has 5 nitrogen and oxygen atoms in total. The predicted octanol–water partition coefficient (Wildman–Crippen LogP) is 2.28. The van der Waals surface area contributed by atoms with E-state index >= 15 is 0 Å². The van der Waals surface area contributed by atoms with Gasteiger partial charge in [0, 0.05) is 13.1 Å². The zero-order valence-corrected chi connectivity index (χ0v) is 11.8. The number of likely N-dealkylation sites (N-methyl/N-ethyl adjacent to an activating group) is 1. The van der Waals surface area contributed by atoms with Crippen molar-refractivity contribution in [2.75, 3.05) is 13.7 Å². The Morgan fingerprint density at radius 2 is 2.05 bits per heavy atom. The molecule has 0 aliphatic carbocycles. The molecule has 0 fully saturated rings. The van der Waals surface area contributed by atoms with Crippen LogP contribution in [-0.2, 0) is 4.79 Å². The van der Waals surface area contributed by atoms with Gasteiger partial charge in [-0.3, -0.25) is 4.79 Å². The molecule has 0 atom stereocenters. The normalized spacial score (nSPS) is 10.4. The van der Waals surface area contributed by atoms with Crippen LogP contribution < -0.4 is 4.74 Å². The minimum Gasteiger partial charge on any atom is -0.481 e. The van der Waals surface area contributed by atoms with Gasteiger partial charge in [-0.25, -0.2) is 4.79 Å². The van der Waals surface area contributed by atoms with Gasteiger partial charge in [0.15, 0.2) is 12.4 Å². The molecule has 0 unspecified atom stereocenters. The Morgan fingerprint density at radius 3 is 2.58 bits per heavy atom. The number of carbonyl (C=O) groups excluding carboxylic acids is 1. The molecule has 1 amide bonds. The molecule has 0 bridgehead atoms. The third kappa shape index (κ3) is 3.86. The van der Waals surface area contributed by atoms with Crippen molar-refractivity contribution < 1.29 is 19.4 Å². The van der Waals surface area contributed by atoms with E-state index in [1.807, 2.05) is 13.8 Å². The van der Waals surface area contributed by atoms with E-state index in [4.69, 9.17) is 21.4 Å². The van der Waals surface area contributed by atoms with Crippen molar-refractivity contribution in [2.24, 2.45) is 0 Å². The first kappa shape index (κ1) is 15.3. The fourth-order valence-electron chi connectivity index (χ4n) is 1.35. The van der Waals surface area contributed by atoms with Crippen molar-refractivity contribution in [1.82, 2.24) is 4.90 Å². The molecule has 0 heterocycles. The predicted molar refractivity (Wildman–Crippen MR) is 71.8 cm³/mol. The van der Waals surface area contributed by atoms with Crippen LogP contribution in [0.4, 0.5) is 0 Å². The Labute approximate surface area is 116 Å². The third-order valence-electron chi connectivity index (χ3n) is 2.71. The lowest BCUT2D eigenvalue weighted by atomic mass is 10.2. The number of hydrogen-bond acceptors (Lipinski definition) is 3. The number of nitrogens with zero attached hydrogens (tertiary/aromatic N) is 1. The fraction of sp³-hybridized carbons (Fsp3) is 0.385. The summed E-state index contributed by atoms with van der Waals surface area (Å²) in [6.07, 6.45) is 0. The Hall–Kier alpha value is -1.75. The lowest BCUT2D eigenvalue weighted by Crippen LogP contribution is -2.36. The average molecular weight is 286 g/mol. The van der Waals surface area contributed by atoms with E-state index in [-0.39, 0.29) is 34.9 Å². The van der Waals surface area contributed by atoms with Crippen molar-refractivity contribution in [1.29, 1.82) is 0 Å². The Balaban J connectivity index is 2.84. The molecule has 6 heteroatoms. The molecule has 104 valence electrons. The standard InChI is InChI=1S/C13H16ClNO4/c1-8(2)15(3)11(16)7-19-12-9(13(17)18)5-4-6-10(12)14/h4-6,8H,7H2,1-3H3,(H,17,18). The maximum atomic E-state index is 11.8. The van der Waals surface area contributed by atoms with Gasteiger partial charge >= 0.3 is 5.97 Å². The highest BCUT2D eigenvalue weighted by Crippen LogP contribution is 2.28. The molecule has 0 spiro atoms. The maximum absolute atomic E-state index is 11.8. The van der Waals surface area contributed by atoms with Crippen LogP contribution in [0.15, 0.2) is 18.2 Å². The van der Waals surface area contributed by atoms with Crippen LogP contribution in [0.25, 0.3) is 0 Å². The van der Waals surface area contributed by atoms with Crippen molar-refractivity contribution in [3.05, 3.63) is 28.8 Å². The summed E-state index contributed by atoms with van der Waals surface area (Å²) in [6, 6.07) is 4.45. The van der Waals surface area contributed by atoms with E-state index in [0.29, 0.717) is 0 Å². The molecule has 0 aliphatic rings. The van der Waals surface area contributed by atoms with Gasteiger partial charge in [-0.1, -0.05) is 17.7 Å². The lowest BCUT2D eigenvalue weighted by Gasteiger charge is -2.21. The van der Waals surface area contributed by atoms with Crippen LogP contribution >= 0.6 is 11.6 Å². The summed E-state index contributed by atoms with van der Waals surface area (Å²) < 4.78 is 5.26. The molecule has 19 heavy (non-hydrogen) atoms. The van der Waals surface area contributed by atoms with E-state index in [9.17, 15) is 9.59 Å². The monoisotopic (exact) mass is 285 g/mol. The highest BCUT2D eigenvalue weighted by Gasteiger charge is 2.18. The topological polar surface area (TPSA) is 66.8 Å². The van der Waals surface area contributed by atoms with Gasteiger partial charge in [0.05, 0.1) is 5.02 Å². The van der Waals surface area contributed by atoms with E-state index < -0.39 is 5.97 Å². The van der Waals surface area contributed by atoms with Gasteiger partial charge < -0.3 is 14.7 Å². The van der Waals surface area contributed by atoms with Gasteiger partial charge in [0.2, 0.25) is 0 Å². The van der Waals surface area contributed by atoms with Crippen LogP contribution in [0, 0.1) is 0 Å². The molecule has 1 N–H and O–H groups in total. The van der Waals surface area contributed by atoms with Crippen LogP contribution in [0.2, 0.25) is 5.02 Å². The quantitative estimate of drug-likeness (QED) is 0.901. The molecular weight excluding hydrogens is 270 g/mol. The number of hydrogen-bond donors (Lipinski definition) is 1. The van der Waals surface area contributed by atoms with Gasteiger partial charge in [0.1, 0.15) is 5.56 Å². The van der Waals surface area contributed by atoms with Gasteiger partial charge in [0.25, 0.3) is 5.91 Å². The first-order chi connectivity index (χ1) is 8.84. The molecule has 0 saturated carbocycles. The maximum Gasteiger partial charge on any atom is 0.339 e. The largest absolute Gasteiger partial charge is 0.481 e. The molecule has 0 saturated heterocycles. The molecule has 1 aromatic rings. The number of halogens is 1. The molecule has 0 aliphatic heterocycles. The Morgan fingerprint density at radius 1 is 1.42 bits per heavy atom. The third-order valence-corrected chi connectivity index (χ3v) is 3.00. The number of rotatable bonds is 5. The summed E-state index contributed by atoms with van der Waals surface area (Å²) in [4.78, 5) is 24.3. The second kappa shape index (κ2) is 6.43. The first-order valence-corrected chi connectivity index (χ1v) is 6.12. The molecule has 0 radical (unpaired) electrons. The smallest absolute Gasteiger partial charge is 0.339 e. The number of carbonyl (C=O) groups is 2. The second-order valence-electron chi connectivity index (χ2n) is 4.31. The van der Waals surface area contributed by atoms with E-state index in [1.165, 1.54) is 23.1 Å². The van der Waals surface area contributed by atoms with Crippen LogP contribution in [0.5, 0.6) is 5.75 Å². The van der Waals surface area contributed by atoms with Crippen molar-refractivity contribution >= 4 is 23.5 Å². The van der Waals surface area contributed by atoms with E-state index in [0.717, 1.165) is 0 Å². The van der Waals surface area contributed by atoms with Crippen molar-refractivity contribution in [2.45, 2.75) is 19.9 Å². The van der Waals surface area contributed by atoms with E-state index in [2.05, 4.69) is 0 Å². The van der Waals surface area contributed by atoms with Crippen LogP contribution in [0.3, 0.4) is 0 Å². The zero-order valence-electron chi connectivity index (χ0n) is 11.0. The number of para-hydroxylation sites is 1. The number of ether oxygens (including phenoxy) is 1. The zero-order chi connectivity index (χ0) is 14.6. The average Bonchev–Trinajstić information content (AvgIpc) is 2.35. The van der Waals surface area contributed by atoms with Crippen LogP contribution in [-0.4, -0.2) is 41.6 Å². The summed E-state index contributed by atoms with van der Waals surface area (Å²) in [5.74, 6) is -1.38. The molecule has 1 aromatic carbocycles. The SMILES string of the molecule is CC(C)N(C)C(=O)COc1c(Cl)cccc1C(=O)O. The fourth-order valence-corrected chi connectivity index (χ4v) is 1.58. The van der Waals surface area contributed by atoms with Crippen molar-refractivity contribution in [3.63, 3.8) is 0 Å². The second-order valence-corrected chi connectivity index (χ2v) is 4.72. The minimum absolute atomic E-state index is 0.0159. The van der Waals surface area contributed by atoms with Gasteiger partial charge in [-0.05, 0) is 26.0 Å². The highest BCUT2D eigenvalue weighted by atomic mass is 35.5. The van der Waals surface area contributed by atoms with Crippen molar-refractivity contribution in [3.8, 4) is 5.75 Å². The van der Waals surface area contributed by atoms with E-state index in [1.54, 1.807) is 7.05 Å².